The maximum absolute atomic E-state index is 5.97. The van der Waals surface area contributed by atoms with Gasteiger partial charge in [0.05, 0.1) is 13.2 Å². The lowest BCUT2D eigenvalue weighted by atomic mass is 10.1. The number of benzene rings is 1. The Bertz CT molecular complexity index is 422. The Balaban J connectivity index is 1.91. The summed E-state index contributed by atoms with van der Waals surface area (Å²) in [6.07, 6.45) is 0. The fourth-order valence-electron chi connectivity index (χ4n) is 2.25. The van der Waals surface area contributed by atoms with E-state index in [2.05, 4.69) is 39.1 Å². The molecule has 1 aliphatic heterocycles. The van der Waals surface area contributed by atoms with Crippen molar-refractivity contribution in [2.75, 3.05) is 46.5 Å². The van der Waals surface area contributed by atoms with Crippen molar-refractivity contribution < 1.29 is 9.47 Å². The number of halogens is 1. The zero-order valence-electron chi connectivity index (χ0n) is 12.2. The van der Waals surface area contributed by atoms with Gasteiger partial charge in [-0.15, -0.1) is 0 Å². The van der Waals surface area contributed by atoms with Crippen LogP contribution in [0.4, 0.5) is 0 Å². The Kier molecular flexibility index (Phi) is 6.29. The van der Waals surface area contributed by atoms with Crippen molar-refractivity contribution >= 4 is 15.9 Å². The molecule has 0 amide bonds. The average Bonchev–Trinajstić information content (AvgIpc) is 2.49. The van der Waals surface area contributed by atoms with Gasteiger partial charge in [-0.25, -0.2) is 0 Å². The molecule has 1 atom stereocenters. The number of ether oxygens (including phenoxy) is 2. The van der Waals surface area contributed by atoms with Crippen LogP contribution in [-0.4, -0.2) is 51.4 Å². The first-order chi connectivity index (χ1) is 9.70. The molecule has 1 N–H and O–H groups in total. The standard InChI is InChI=1S/C15H23BrN2O2/c1-12(17-2)14-11-13(16)3-4-15(14)20-10-7-18-5-8-19-9-6-18/h3-4,11-12,17H,5-10H2,1-2H3. The van der Waals surface area contributed by atoms with Crippen LogP contribution in [0.5, 0.6) is 5.75 Å². The number of rotatable bonds is 6. The molecule has 0 bridgehead atoms. The van der Waals surface area contributed by atoms with Gasteiger partial charge in [-0.2, -0.15) is 0 Å². The molecule has 0 radical (unpaired) electrons. The van der Waals surface area contributed by atoms with Gasteiger partial charge in [0.15, 0.2) is 0 Å². The van der Waals surface area contributed by atoms with Crippen LogP contribution < -0.4 is 10.1 Å². The van der Waals surface area contributed by atoms with Gasteiger partial charge in [0.25, 0.3) is 0 Å². The zero-order chi connectivity index (χ0) is 14.4. The molecule has 1 unspecified atom stereocenters. The highest BCUT2D eigenvalue weighted by molar-refractivity contribution is 9.10. The van der Waals surface area contributed by atoms with Crippen LogP contribution in [-0.2, 0) is 4.74 Å². The second kappa shape index (κ2) is 7.98. The summed E-state index contributed by atoms with van der Waals surface area (Å²) in [4.78, 5) is 2.38. The number of morpholine rings is 1. The fraction of sp³-hybridized carbons (Fsp3) is 0.600. The molecule has 1 aromatic carbocycles. The lowest BCUT2D eigenvalue weighted by molar-refractivity contribution is 0.0322. The third-order valence-electron chi connectivity index (χ3n) is 3.64. The second-order valence-electron chi connectivity index (χ2n) is 4.99. The van der Waals surface area contributed by atoms with Crippen LogP contribution in [0.15, 0.2) is 22.7 Å². The molecular weight excluding hydrogens is 320 g/mol. The van der Waals surface area contributed by atoms with Gasteiger partial charge in [-0.3, -0.25) is 4.90 Å². The van der Waals surface area contributed by atoms with Gasteiger partial charge in [0.2, 0.25) is 0 Å². The van der Waals surface area contributed by atoms with E-state index in [1.54, 1.807) is 0 Å². The first kappa shape index (κ1) is 15.8. The molecule has 5 heteroatoms. The molecule has 0 spiro atoms. The van der Waals surface area contributed by atoms with Gasteiger partial charge in [0.1, 0.15) is 12.4 Å². The van der Waals surface area contributed by atoms with Crippen molar-refractivity contribution in [3.8, 4) is 5.75 Å². The Morgan fingerprint density at radius 2 is 2.15 bits per heavy atom. The maximum atomic E-state index is 5.97. The number of hydrogen-bond acceptors (Lipinski definition) is 4. The summed E-state index contributed by atoms with van der Waals surface area (Å²) in [7, 11) is 1.96. The highest BCUT2D eigenvalue weighted by Gasteiger charge is 2.13. The van der Waals surface area contributed by atoms with Crippen LogP contribution in [0.1, 0.15) is 18.5 Å². The SMILES string of the molecule is CNC(C)c1cc(Br)ccc1OCCN1CCOCC1. The Morgan fingerprint density at radius 1 is 1.40 bits per heavy atom. The summed E-state index contributed by atoms with van der Waals surface area (Å²) in [5, 5.41) is 3.26. The molecule has 20 heavy (non-hydrogen) atoms. The van der Waals surface area contributed by atoms with Gasteiger partial charge >= 0.3 is 0 Å². The predicted molar refractivity (Wildman–Crippen MR) is 84.4 cm³/mol. The Hall–Kier alpha value is -0.620. The van der Waals surface area contributed by atoms with E-state index < -0.39 is 0 Å². The largest absolute Gasteiger partial charge is 0.492 e. The topological polar surface area (TPSA) is 33.7 Å². The van der Waals surface area contributed by atoms with Gasteiger partial charge < -0.3 is 14.8 Å². The molecule has 0 saturated carbocycles. The predicted octanol–water partition coefficient (Wildman–Crippen LogP) is 2.44. The minimum atomic E-state index is 0.269. The van der Waals surface area contributed by atoms with Crippen molar-refractivity contribution in [3.63, 3.8) is 0 Å². The van der Waals surface area contributed by atoms with E-state index in [4.69, 9.17) is 9.47 Å². The molecule has 0 aromatic heterocycles. The molecule has 1 aliphatic rings. The van der Waals surface area contributed by atoms with E-state index in [1.165, 1.54) is 5.56 Å². The van der Waals surface area contributed by atoms with Crippen LogP contribution in [0.25, 0.3) is 0 Å². The lowest BCUT2D eigenvalue weighted by Crippen LogP contribution is -2.38. The average molecular weight is 343 g/mol. The quantitative estimate of drug-likeness (QED) is 0.860. The molecule has 1 saturated heterocycles. The summed E-state index contributed by atoms with van der Waals surface area (Å²) in [5.41, 5.74) is 1.18. The van der Waals surface area contributed by atoms with E-state index in [-0.39, 0.29) is 6.04 Å². The lowest BCUT2D eigenvalue weighted by Gasteiger charge is -2.26. The molecule has 4 nitrogen and oxygen atoms in total. The second-order valence-corrected chi connectivity index (χ2v) is 5.91. The van der Waals surface area contributed by atoms with E-state index in [0.717, 1.165) is 43.1 Å². The van der Waals surface area contributed by atoms with E-state index in [1.807, 2.05) is 19.2 Å². The third kappa shape index (κ3) is 4.45. The summed E-state index contributed by atoms with van der Waals surface area (Å²) in [5.74, 6) is 0.961. The van der Waals surface area contributed by atoms with E-state index in [9.17, 15) is 0 Å². The summed E-state index contributed by atoms with van der Waals surface area (Å²) in [6.45, 7) is 7.47. The van der Waals surface area contributed by atoms with Gasteiger partial charge in [-0.1, -0.05) is 15.9 Å². The Labute approximate surface area is 129 Å². The van der Waals surface area contributed by atoms with Crippen molar-refractivity contribution in [2.45, 2.75) is 13.0 Å². The minimum Gasteiger partial charge on any atom is -0.492 e. The van der Waals surface area contributed by atoms with Crippen LogP contribution in [0.3, 0.4) is 0 Å². The highest BCUT2D eigenvalue weighted by atomic mass is 79.9. The molecule has 2 rings (SSSR count). The van der Waals surface area contributed by atoms with Crippen molar-refractivity contribution in [3.05, 3.63) is 28.2 Å². The number of nitrogens with zero attached hydrogens (tertiary/aromatic N) is 1. The Morgan fingerprint density at radius 3 is 2.85 bits per heavy atom. The van der Waals surface area contributed by atoms with Gasteiger partial charge in [0, 0.05) is 35.7 Å². The summed E-state index contributed by atoms with van der Waals surface area (Å²) >= 11 is 3.52. The maximum Gasteiger partial charge on any atom is 0.124 e. The molecule has 1 fully saturated rings. The smallest absolute Gasteiger partial charge is 0.124 e. The van der Waals surface area contributed by atoms with E-state index in [0.29, 0.717) is 6.61 Å². The minimum absolute atomic E-state index is 0.269. The fourth-order valence-corrected chi connectivity index (χ4v) is 2.63. The molecule has 1 heterocycles. The first-order valence-electron chi connectivity index (χ1n) is 7.10. The summed E-state index contributed by atoms with van der Waals surface area (Å²) in [6, 6.07) is 6.44. The van der Waals surface area contributed by atoms with E-state index >= 15 is 0 Å². The van der Waals surface area contributed by atoms with Crippen molar-refractivity contribution in [2.24, 2.45) is 0 Å². The number of nitrogens with one attached hydrogen (secondary N) is 1. The first-order valence-corrected chi connectivity index (χ1v) is 7.89. The normalized spacial score (nSPS) is 17.9. The zero-order valence-corrected chi connectivity index (χ0v) is 13.8. The molecule has 1 aromatic rings. The number of hydrogen-bond donors (Lipinski definition) is 1. The van der Waals surface area contributed by atoms with Crippen molar-refractivity contribution in [1.82, 2.24) is 10.2 Å². The van der Waals surface area contributed by atoms with Crippen LogP contribution in [0.2, 0.25) is 0 Å². The third-order valence-corrected chi connectivity index (χ3v) is 4.13. The van der Waals surface area contributed by atoms with Crippen molar-refractivity contribution in [1.29, 1.82) is 0 Å². The molecule has 112 valence electrons. The summed E-state index contributed by atoms with van der Waals surface area (Å²) < 4.78 is 12.4. The van der Waals surface area contributed by atoms with Crippen LogP contribution in [0, 0.1) is 0 Å². The highest BCUT2D eigenvalue weighted by Crippen LogP contribution is 2.28. The molecule has 0 aliphatic carbocycles. The van der Waals surface area contributed by atoms with Crippen LogP contribution >= 0.6 is 15.9 Å². The molecular formula is C15H23BrN2O2. The monoisotopic (exact) mass is 342 g/mol. The van der Waals surface area contributed by atoms with Gasteiger partial charge in [-0.05, 0) is 32.2 Å².